The lowest BCUT2D eigenvalue weighted by molar-refractivity contribution is -0.142. The van der Waals surface area contributed by atoms with E-state index in [-0.39, 0.29) is 29.4 Å². The van der Waals surface area contributed by atoms with Gasteiger partial charge in [0.15, 0.2) is 0 Å². The zero-order chi connectivity index (χ0) is 20.2. The Morgan fingerprint density at radius 1 is 1.26 bits per heavy atom. The van der Waals surface area contributed by atoms with E-state index in [1.807, 2.05) is 0 Å². The van der Waals surface area contributed by atoms with Crippen LogP contribution in [0.2, 0.25) is 0 Å². The average Bonchev–Trinajstić information content (AvgIpc) is 3.03. The second-order valence-electron chi connectivity index (χ2n) is 6.71. The topological polar surface area (TPSA) is 88.9 Å². The second-order valence-corrected chi connectivity index (χ2v) is 8.65. The van der Waals surface area contributed by atoms with Gasteiger partial charge in [0.25, 0.3) is 5.91 Å². The molecule has 2 heterocycles. The molecule has 1 aromatic heterocycles. The van der Waals surface area contributed by atoms with Crippen molar-refractivity contribution in [3.63, 3.8) is 0 Å². The molecule has 0 spiro atoms. The van der Waals surface area contributed by atoms with E-state index in [1.165, 1.54) is 23.5 Å². The van der Waals surface area contributed by atoms with Crippen LogP contribution >= 0.6 is 0 Å². The molecular formula is C18H29N3O5S. The highest BCUT2D eigenvalue weighted by Crippen LogP contribution is 2.23. The Morgan fingerprint density at radius 3 is 2.52 bits per heavy atom. The summed E-state index contributed by atoms with van der Waals surface area (Å²) >= 11 is 0. The molecule has 1 saturated heterocycles. The zero-order valence-electron chi connectivity index (χ0n) is 16.5. The number of aryl methyl sites for hydroxylation is 1. The molecule has 0 unspecified atom stereocenters. The van der Waals surface area contributed by atoms with Crippen molar-refractivity contribution in [1.82, 2.24) is 13.8 Å². The number of likely N-dealkylation sites (tertiary alicyclic amines) is 1. The maximum absolute atomic E-state index is 13.1. The smallest absolute Gasteiger partial charge is 0.302 e. The number of amides is 1. The summed E-state index contributed by atoms with van der Waals surface area (Å²) in [7, 11) is -1.96. The Bertz CT molecular complexity index is 783. The van der Waals surface area contributed by atoms with Crippen molar-refractivity contribution in [2.24, 2.45) is 7.05 Å². The van der Waals surface area contributed by atoms with Gasteiger partial charge in [0, 0.05) is 39.8 Å². The van der Waals surface area contributed by atoms with Crippen molar-refractivity contribution in [3.8, 4) is 0 Å². The first-order valence-corrected chi connectivity index (χ1v) is 10.8. The number of piperidine rings is 1. The van der Waals surface area contributed by atoms with Crippen LogP contribution in [-0.2, 0) is 26.6 Å². The van der Waals surface area contributed by atoms with Crippen molar-refractivity contribution in [1.29, 1.82) is 0 Å². The van der Waals surface area contributed by atoms with Crippen molar-refractivity contribution in [2.45, 2.75) is 51.0 Å². The number of nitrogens with zero attached hydrogens (tertiary/aromatic N) is 3. The van der Waals surface area contributed by atoms with Crippen LogP contribution in [-0.4, -0.2) is 66.3 Å². The quantitative estimate of drug-likeness (QED) is 0.650. The first-order valence-electron chi connectivity index (χ1n) is 9.33. The molecule has 9 heteroatoms. The predicted molar refractivity (Wildman–Crippen MR) is 101 cm³/mol. The zero-order valence-corrected chi connectivity index (χ0v) is 17.3. The van der Waals surface area contributed by atoms with Crippen LogP contribution in [0, 0.1) is 0 Å². The number of carbonyl (C=O) groups is 2. The molecule has 1 aromatic rings. The standard InChI is InChI=1S/C18H29N3O5S/c1-5-20(6-2)27(24,25)16-11-17(19(4)12-16)18(23)21-10-8-7-9-15(21)13-26-14(3)22/h11-12,15H,5-10,13H2,1-4H3/t15-/m0/s1. The van der Waals surface area contributed by atoms with Gasteiger partial charge >= 0.3 is 5.97 Å². The van der Waals surface area contributed by atoms with E-state index in [4.69, 9.17) is 4.74 Å². The van der Waals surface area contributed by atoms with Crippen molar-refractivity contribution >= 4 is 21.9 Å². The van der Waals surface area contributed by atoms with Crippen LogP contribution in [0.1, 0.15) is 50.5 Å². The normalized spacial score (nSPS) is 18.0. The molecule has 27 heavy (non-hydrogen) atoms. The molecule has 0 saturated carbocycles. The summed E-state index contributed by atoms with van der Waals surface area (Å²) < 4.78 is 33.5. The third-order valence-electron chi connectivity index (χ3n) is 4.91. The molecule has 1 aliphatic heterocycles. The summed E-state index contributed by atoms with van der Waals surface area (Å²) in [6.45, 7) is 6.37. The van der Waals surface area contributed by atoms with E-state index in [0.29, 0.717) is 25.3 Å². The lowest BCUT2D eigenvalue weighted by Gasteiger charge is -2.35. The van der Waals surface area contributed by atoms with E-state index >= 15 is 0 Å². The number of ether oxygens (including phenoxy) is 1. The van der Waals surface area contributed by atoms with Gasteiger partial charge in [0.05, 0.1) is 6.04 Å². The molecule has 1 fully saturated rings. The highest BCUT2D eigenvalue weighted by molar-refractivity contribution is 7.89. The van der Waals surface area contributed by atoms with E-state index in [2.05, 4.69) is 0 Å². The molecule has 1 amide bonds. The van der Waals surface area contributed by atoms with Crippen molar-refractivity contribution < 1.29 is 22.7 Å². The number of hydrogen-bond acceptors (Lipinski definition) is 5. The fraction of sp³-hybridized carbons (Fsp3) is 0.667. The van der Waals surface area contributed by atoms with Gasteiger partial charge < -0.3 is 14.2 Å². The molecule has 0 aliphatic carbocycles. The number of carbonyl (C=O) groups excluding carboxylic acids is 2. The van der Waals surface area contributed by atoms with Crippen molar-refractivity contribution in [3.05, 3.63) is 18.0 Å². The largest absolute Gasteiger partial charge is 0.464 e. The SMILES string of the molecule is CCN(CC)S(=O)(=O)c1cc(C(=O)N2CCCC[C@H]2COC(C)=O)n(C)c1. The van der Waals surface area contributed by atoms with Gasteiger partial charge in [0.1, 0.15) is 17.2 Å². The lowest BCUT2D eigenvalue weighted by Crippen LogP contribution is -2.46. The Kier molecular flexibility index (Phi) is 7.05. The molecule has 0 aromatic carbocycles. The minimum Gasteiger partial charge on any atom is -0.464 e. The van der Waals surface area contributed by atoms with E-state index in [1.54, 1.807) is 30.4 Å². The minimum absolute atomic E-state index is 0.116. The highest BCUT2D eigenvalue weighted by atomic mass is 32.2. The molecule has 0 N–H and O–H groups in total. The van der Waals surface area contributed by atoms with Crippen LogP contribution in [0.25, 0.3) is 0 Å². The third kappa shape index (κ3) is 4.70. The van der Waals surface area contributed by atoms with E-state index in [0.717, 1.165) is 19.3 Å². The summed E-state index contributed by atoms with van der Waals surface area (Å²) in [6.07, 6.45) is 4.07. The van der Waals surface area contributed by atoms with E-state index in [9.17, 15) is 18.0 Å². The Morgan fingerprint density at radius 2 is 1.93 bits per heavy atom. The predicted octanol–water partition coefficient (Wildman–Crippen LogP) is 1.61. The van der Waals surface area contributed by atoms with Gasteiger partial charge in [-0.3, -0.25) is 9.59 Å². The summed E-state index contributed by atoms with van der Waals surface area (Å²) in [5.41, 5.74) is 0.315. The van der Waals surface area contributed by atoms with Gasteiger partial charge in [-0.25, -0.2) is 8.42 Å². The first-order chi connectivity index (χ1) is 12.7. The number of sulfonamides is 1. The summed E-state index contributed by atoms with van der Waals surface area (Å²) in [4.78, 5) is 26.0. The summed E-state index contributed by atoms with van der Waals surface area (Å²) in [5.74, 6) is -0.616. The molecule has 1 atom stereocenters. The second kappa shape index (κ2) is 8.88. The molecule has 8 nitrogen and oxygen atoms in total. The Balaban J connectivity index is 2.28. The molecule has 1 aliphatic rings. The Hall–Kier alpha value is -1.87. The molecule has 0 radical (unpaired) electrons. The molecule has 0 bridgehead atoms. The highest BCUT2D eigenvalue weighted by Gasteiger charge is 2.31. The first kappa shape index (κ1) is 21.4. The monoisotopic (exact) mass is 399 g/mol. The van der Waals surface area contributed by atoms with Crippen LogP contribution in [0.5, 0.6) is 0 Å². The fourth-order valence-corrected chi connectivity index (χ4v) is 4.93. The van der Waals surface area contributed by atoms with Gasteiger partial charge in [-0.1, -0.05) is 13.8 Å². The van der Waals surface area contributed by atoms with Gasteiger partial charge in [-0.15, -0.1) is 0 Å². The van der Waals surface area contributed by atoms with Crippen LogP contribution in [0.3, 0.4) is 0 Å². The van der Waals surface area contributed by atoms with Crippen LogP contribution in [0.4, 0.5) is 0 Å². The number of rotatable bonds is 7. The maximum Gasteiger partial charge on any atom is 0.302 e. The summed E-state index contributed by atoms with van der Waals surface area (Å²) in [6, 6.07) is 1.25. The number of hydrogen-bond donors (Lipinski definition) is 0. The number of esters is 1. The molecular weight excluding hydrogens is 370 g/mol. The van der Waals surface area contributed by atoms with Crippen LogP contribution < -0.4 is 0 Å². The fourth-order valence-electron chi connectivity index (χ4n) is 3.40. The maximum atomic E-state index is 13.1. The third-order valence-corrected chi connectivity index (χ3v) is 6.92. The number of aromatic nitrogens is 1. The average molecular weight is 400 g/mol. The van der Waals surface area contributed by atoms with Gasteiger partial charge in [-0.05, 0) is 25.3 Å². The van der Waals surface area contributed by atoms with Crippen LogP contribution in [0.15, 0.2) is 17.2 Å². The van der Waals surface area contributed by atoms with Gasteiger partial charge in [-0.2, -0.15) is 4.31 Å². The summed E-state index contributed by atoms with van der Waals surface area (Å²) in [5, 5.41) is 0. The van der Waals surface area contributed by atoms with Gasteiger partial charge in [0.2, 0.25) is 10.0 Å². The van der Waals surface area contributed by atoms with E-state index < -0.39 is 10.0 Å². The lowest BCUT2D eigenvalue weighted by atomic mass is 10.0. The molecule has 152 valence electrons. The Labute approximate surface area is 161 Å². The van der Waals surface area contributed by atoms with Crippen molar-refractivity contribution in [2.75, 3.05) is 26.2 Å². The molecule has 2 rings (SSSR count). The minimum atomic E-state index is -3.63.